The zero-order valence-electron chi connectivity index (χ0n) is 12.2. The molecule has 1 aromatic heterocycles. The third-order valence-corrected chi connectivity index (χ3v) is 4.58. The van der Waals surface area contributed by atoms with Crippen LogP contribution in [0.2, 0.25) is 0 Å². The van der Waals surface area contributed by atoms with Gasteiger partial charge in [0.05, 0.1) is 6.54 Å². The highest BCUT2D eigenvalue weighted by Gasteiger charge is 2.36. The second-order valence-corrected chi connectivity index (χ2v) is 6.46. The zero-order valence-corrected chi connectivity index (χ0v) is 12.2. The lowest BCUT2D eigenvalue weighted by atomic mass is 9.78. The molecule has 2 unspecified atom stereocenters. The first-order valence-electron chi connectivity index (χ1n) is 7.69. The minimum absolute atomic E-state index is 0.751. The molecule has 19 heavy (non-hydrogen) atoms. The fourth-order valence-corrected chi connectivity index (χ4v) is 3.30. The van der Waals surface area contributed by atoms with Gasteiger partial charge in [0.1, 0.15) is 5.82 Å². The molecule has 0 bridgehead atoms. The average molecular weight is 262 g/mol. The molecule has 4 nitrogen and oxygen atoms in total. The summed E-state index contributed by atoms with van der Waals surface area (Å²) in [6.45, 7) is 10.2. The van der Waals surface area contributed by atoms with Crippen molar-refractivity contribution < 1.29 is 0 Å². The first-order valence-corrected chi connectivity index (χ1v) is 7.69. The number of nitrogens with one attached hydrogen (secondary N) is 1. The van der Waals surface area contributed by atoms with E-state index in [4.69, 9.17) is 0 Å². The molecule has 1 fully saturated rings. The summed E-state index contributed by atoms with van der Waals surface area (Å²) in [4.78, 5) is 7.11. The molecule has 1 saturated carbocycles. The molecule has 1 aliphatic heterocycles. The van der Waals surface area contributed by atoms with Crippen molar-refractivity contribution in [2.24, 2.45) is 11.8 Å². The van der Waals surface area contributed by atoms with E-state index in [-0.39, 0.29) is 0 Å². The van der Waals surface area contributed by atoms with Gasteiger partial charge in [0.25, 0.3) is 0 Å². The molecule has 1 N–H and O–H groups in total. The molecule has 2 aliphatic rings. The highest BCUT2D eigenvalue weighted by atomic mass is 15.3. The van der Waals surface area contributed by atoms with E-state index in [1.54, 1.807) is 0 Å². The number of rotatable bonds is 5. The van der Waals surface area contributed by atoms with Gasteiger partial charge in [0, 0.05) is 31.5 Å². The van der Waals surface area contributed by atoms with Crippen LogP contribution in [0.3, 0.4) is 0 Å². The summed E-state index contributed by atoms with van der Waals surface area (Å²) < 4.78 is 2.29. The number of imidazole rings is 1. The van der Waals surface area contributed by atoms with Gasteiger partial charge in [-0.25, -0.2) is 4.98 Å². The van der Waals surface area contributed by atoms with E-state index < -0.39 is 0 Å². The quantitative estimate of drug-likeness (QED) is 0.877. The fraction of sp³-hybridized carbons (Fsp3) is 0.800. The Labute approximate surface area is 116 Å². The molecule has 3 rings (SSSR count). The normalized spacial score (nSPS) is 27.3. The molecule has 106 valence electrons. The third-order valence-electron chi connectivity index (χ3n) is 4.58. The summed E-state index contributed by atoms with van der Waals surface area (Å²) >= 11 is 0. The lowest BCUT2D eigenvalue weighted by Gasteiger charge is -2.46. The fourth-order valence-electron chi connectivity index (χ4n) is 3.30. The summed E-state index contributed by atoms with van der Waals surface area (Å²) in [5.74, 6) is 2.84. The maximum Gasteiger partial charge on any atom is 0.122 e. The average Bonchev–Trinajstić information content (AvgIpc) is 2.80. The first-order chi connectivity index (χ1) is 9.24. The molecular formula is C15H26N4. The summed E-state index contributed by atoms with van der Waals surface area (Å²) in [5.41, 5.74) is 0. The monoisotopic (exact) mass is 262 g/mol. The minimum Gasteiger partial charge on any atom is -0.333 e. The molecule has 4 heteroatoms. The van der Waals surface area contributed by atoms with Gasteiger partial charge >= 0.3 is 0 Å². The number of hydrogen-bond acceptors (Lipinski definition) is 3. The first kappa shape index (κ1) is 13.1. The molecule has 2 heterocycles. The second kappa shape index (κ2) is 5.63. The number of nitrogens with zero attached hydrogens (tertiary/aromatic N) is 3. The molecule has 1 aromatic rings. The SMILES string of the molecule is CC(C)CNCC1CCC1N1CCn2ccnc2C1. The van der Waals surface area contributed by atoms with Gasteiger partial charge < -0.3 is 9.88 Å². The van der Waals surface area contributed by atoms with E-state index >= 15 is 0 Å². The van der Waals surface area contributed by atoms with Crippen LogP contribution in [0, 0.1) is 11.8 Å². The van der Waals surface area contributed by atoms with Crippen LogP contribution in [-0.2, 0) is 13.1 Å². The maximum absolute atomic E-state index is 4.46. The Balaban J connectivity index is 1.50. The van der Waals surface area contributed by atoms with Gasteiger partial charge in [-0.1, -0.05) is 13.8 Å². The largest absolute Gasteiger partial charge is 0.333 e. The van der Waals surface area contributed by atoms with Crippen molar-refractivity contribution in [2.75, 3.05) is 19.6 Å². The van der Waals surface area contributed by atoms with Crippen LogP contribution in [0.4, 0.5) is 0 Å². The number of aromatic nitrogens is 2. The van der Waals surface area contributed by atoms with Crippen LogP contribution >= 0.6 is 0 Å². The third kappa shape index (κ3) is 2.84. The van der Waals surface area contributed by atoms with Crippen molar-refractivity contribution in [3.05, 3.63) is 18.2 Å². The molecule has 0 saturated heterocycles. The van der Waals surface area contributed by atoms with Crippen LogP contribution in [0.5, 0.6) is 0 Å². The molecule has 1 aliphatic carbocycles. The van der Waals surface area contributed by atoms with Gasteiger partial charge in [-0.2, -0.15) is 0 Å². The van der Waals surface area contributed by atoms with Gasteiger partial charge in [-0.3, -0.25) is 4.90 Å². The standard InChI is InChI=1S/C15H26N4/c1-12(2)9-16-10-13-3-4-14(13)19-8-7-18-6-5-17-15(18)11-19/h5-6,12-14,16H,3-4,7-11H2,1-2H3. The molecule has 2 atom stereocenters. The Kier molecular flexibility index (Phi) is 3.89. The Morgan fingerprint density at radius 2 is 2.26 bits per heavy atom. The van der Waals surface area contributed by atoms with Crippen molar-refractivity contribution in [2.45, 2.75) is 45.8 Å². The highest BCUT2D eigenvalue weighted by molar-refractivity contribution is 4.99. The molecular weight excluding hydrogens is 236 g/mol. The zero-order chi connectivity index (χ0) is 13.2. The van der Waals surface area contributed by atoms with E-state index in [1.165, 1.54) is 31.8 Å². The smallest absolute Gasteiger partial charge is 0.122 e. The van der Waals surface area contributed by atoms with Crippen molar-refractivity contribution in [3.8, 4) is 0 Å². The summed E-state index contributed by atoms with van der Waals surface area (Å²) in [7, 11) is 0. The van der Waals surface area contributed by atoms with Gasteiger partial charge in [0.15, 0.2) is 0 Å². The topological polar surface area (TPSA) is 33.1 Å². The second-order valence-electron chi connectivity index (χ2n) is 6.46. The molecule has 0 aromatic carbocycles. The van der Waals surface area contributed by atoms with Crippen LogP contribution in [-0.4, -0.2) is 40.1 Å². The molecule has 0 amide bonds. The summed E-state index contributed by atoms with van der Waals surface area (Å²) in [6.07, 6.45) is 6.80. The van der Waals surface area contributed by atoms with Crippen LogP contribution in [0.25, 0.3) is 0 Å². The predicted octanol–water partition coefficient (Wildman–Crippen LogP) is 1.72. The van der Waals surface area contributed by atoms with Crippen molar-refractivity contribution in [3.63, 3.8) is 0 Å². The van der Waals surface area contributed by atoms with Crippen LogP contribution in [0.15, 0.2) is 12.4 Å². The van der Waals surface area contributed by atoms with E-state index in [2.05, 4.69) is 39.8 Å². The lowest BCUT2D eigenvalue weighted by molar-refractivity contribution is 0.0394. The highest BCUT2D eigenvalue weighted by Crippen LogP contribution is 2.33. The van der Waals surface area contributed by atoms with E-state index in [1.807, 2.05) is 6.20 Å². The number of hydrogen-bond donors (Lipinski definition) is 1. The van der Waals surface area contributed by atoms with Crippen molar-refractivity contribution in [1.29, 1.82) is 0 Å². The molecule has 0 spiro atoms. The number of fused-ring (bicyclic) bond motifs is 1. The maximum atomic E-state index is 4.46. The summed E-state index contributed by atoms with van der Waals surface area (Å²) in [6, 6.07) is 0.783. The van der Waals surface area contributed by atoms with Gasteiger partial charge in [-0.05, 0) is 37.8 Å². The van der Waals surface area contributed by atoms with E-state index in [0.29, 0.717) is 0 Å². The Hall–Kier alpha value is -0.870. The van der Waals surface area contributed by atoms with E-state index in [0.717, 1.165) is 37.5 Å². The molecule has 0 radical (unpaired) electrons. The van der Waals surface area contributed by atoms with Gasteiger partial charge in [-0.15, -0.1) is 0 Å². The van der Waals surface area contributed by atoms with Crippen molar-refractivity contribution >= 4 is 0 Å². The lowest BCUT2D eigenvalue weighted by Crippen LogP contribution is -2.52. The predicted molar refractivity (Wildman–Crippen MR) is 76.9 cm³/mol. The summed E-state index contributed by atoms with van der Waals surface area (Å²) in [5, 5.41) is 3.62. The van der Waals surface area contributed by atoms with Crippen molar-refractivity contribution in [1.82, 2.24) is 19.8 Å². The van der Waals surface area contributed by atoms with Crippen LogP contribution < -0.4 is 5.32 Å². The Bertz CT molecular complexity index is 412. The van der Waals surface area contributed by atoms with Gasteiger partial charge in [0.2, 0.25) is 0 Å². The Morgan fingerprint density at radius 3 is 3.00 bits per heavy atom. The minimum atomic E-state index is 0.751. The van der Waals surface area contributed by atoms with Crippen LogP contribution in [0.1, 0.15) is 32.5 Å². The Morgan fingerprint density at radius 1 is 1.37 bits per heavy atom. The van der Waals surface area contributed by atoms with E-state index in [9.17, 15) is 0 Å².